The average Bonchev–Trinajstić information content (AvgIpc) is 3.62. The highest BCUT2D eigenvalue weighted by Gasteiger charge is 2.44. The minimum Gasteiger partial charge on any atom is -0.753 e. The number of hydroxylamine groups is 2. The van der Waals surface area contributed by atoms with Crippen molar-refractivity contribution >= 4 is 23.5 Å². The fourth-order valence-electron chi connectivity index (χ4n) is 6.10. The van der Waals surface area contributed by atoms with Gasteiger partial charge in [-0.3, -0.25) is 9.59 Å². The second-order valence-corrected chi connectivity index (χ2v) is 11.6. The zero-order valence-corrected chi connectivity index (χ0v) is 25.9. The first kappa shape index (κ1) is 32.5. The maximum absolute atomic E-state index is 14.3. The van der Waals surface area contributed by atoms with Crippen molar-refractivity contribution < 1.29 is 19.5 Å². The molecule has 0 bridgehead atoms. The van der Waals surface area contributed by atoms with Crippen LogP contribution in [-0.4, -0.2) is 82.7 Å². The molecule has 0 spiro atoms. The SMILES string of the molecule is C=CCNCC(=O)N1[C@@H](N([O-])C(=O)NCc2ccccc2)CN(Cc2ccccc2N2CCCC2)C(=O)[C@@H]1Cc1ccc(O)cc1. The number of carbonyl (C=O) groups excluding carboxylic acids is 3. The zero-order chi connectivity index (χ0) is 32.5. The predicted octanol–water partition coefficient (Wildman–Crippen LogP) is 3.59. The Labute approximate surface area is 269 Å². The van der Waals surface area contributed by atoms with Gasteiger partial charge in [0, 0.05) is 44.8 Å². The van der Waals surface area contributed by atoms with Crippen LogP contribution < -0.4 is 15.5 Å². The Morgan fingerprint density at radius 2 is 1.67 bits per heavy atom. The summed E-state index contributed by atoms with van der Waals surface area (Å²) in [5, 5.41) is 29.7. The lowest BCUT2D eigenvalue weighted by Gasteiger charge is -2.52. The number of hydrogen-bond acceptors (Lipinski definition) is 7. The van der Waals surface area contributed by atoms with E-state index in [1.807, 2.05) is 54.6 Å². The molecule has 4 amide bonds. The summed E-state index contributed by atoms with van der Waals surface area (Å²) >= 11 is 0. The smallest absolute Gasteiger partial charge is 0.308 e. The van der Waals surface area contributed by atoms with Crippen molar-refractivity contribution in [2.45, 2.75) is 44.6 Å². The fraction of sp³-hybridized carbons (Fsp3) is 0.343. The van der Waals surface area contributed by atoms with Crippen LogP contribution in [-0.2, 0) is 29.1 Å². The molecular weight excluding hydrogens is 584 g/mol. The van der Waals surface area contributed by atoms with Gasteiger partial charge >= 0.3 is 6.03 Å². The molecule has 0 radical (unpaired) electrons. The fourth-order valence-corrected chi connectivity index (χ4v) is 6.10. The molecule has 3 aromatic carbocycles. The number of amides is 4. The number of rotatable bonds is 12. The molecule has 11 nitrogen and oxygen atoms in total. The van der Waals surface area contributed by atoms with E-state index in [-0.39, 0.29) is 49.3 Å². The highest BCUT2D eigenvalue weighted by atomic mass is 16.5. The molecule has 0 aliphatic carbocycles. The topological polar surface area (TPSA) is 132 Å². The van der Waals surface area contributed by atoms with Crippen LogP contribution in [0.3, 0.4) is 0 Å². The Kier molecular flexibility index (Phi) is 10.9. The van der Waals surface area contributed by atoms with Crippen LogP contribution in [0.1, 0.15) is 29.5 Å². The van der Waals surface area contributed by atoms with Crippen LogP contribution >= 0.6 is 0 Å². The van der Waals surface area contributed by atoms with E-state index in [0.29, 0.717) is 12.1 Å². The van der Waals surface area contributed by atoms with Gasteiger partial charge in [-0.25, -0.2) is 4.79 Å². The Balaban J connectivity index is 1.48. The quantitative estimate of drug-likeness (QED) is 0.159. The van der Waals surface area contributed by atoms with Crippen molar-refractivity contribution in [3.05, 3.63) is 113 Å². The number of benzene rings is 3. The molecule has 5 rings (SSSR count). The van der Waals surface area contributed by atoms with E-state index in [0.717, 1.165) is 42.7 Å². The molecule has 242 valence electrons. The summed E-state index contributed by atoms with van der Waals surface area (Å²) in [5.74, 6) is -0.743. The minimum absolute atomic E-state index is 0.0686. The molecule has 46 heavy (non-hydrogen) atoms. The largest absolute Gasteiger partial charge is 0.753 e. The van der Waals surface area contributed by atoms with Crippen LogP contribution in [0.15, 0.2) is 91.5 Å². The van der Waals surface area contributed by atoms with Gasteiger partial charge in [0.25, 0.3) is 0 Å². The standard InChI is InChI=1S/C35H41N6O5/c1-2-18-36-23-33(43)40-31(21-26-14-16-29(42)17-15-26)34(44)39(24-28-12-6-7-13-30(28)38-19-8-9-20-38)25-32(40)41(46)35(45)37-22-27-10-4-3-5-11-27/h2-7,10-17,31-32,36,42H,1,8-9,18-25H2,(H,37,45)/q-1/t31-,32-/m0/s1. The Morgan fingerprint density at radius 3 is 2.39 bits per heavy atom. The van der Waals surface area contributed by atoms with E-state index >= 15 is 0 Å². The van der Waals surface area contributed by atoms with E-state index in [1.54, 1.807) is 23.1 Å². The number of carbonyl (C=O) groups is 3. The number of nitrogens with one attached hydrogen (secondary N) is 2. The molecule has 2 saturated heterocycles. The normalized spacial score (nSPS) is 18.0. The molecule has 0 aromatic heterocycles. The van der Waals surface area contributed by atoms with Crippen LogP contribution in [0.2, 0.25) is 0 Å². The third-order valence-corrected chi connectivity index (χ3v) is 8.41. The number of aromatic hydroxyl groups is 1. The molecule has 3 aromatic rings. The first-order valence-corrected chi connectivity index (χ1v) is 15.7. The van der Waals surface area contributed by atoms with Crippen LogP contribution in [0, 0.1) is 5.21 Å². The molecule has 0 saturated carbocycles. The van der Waals surface area contributed by atoms with Gasteiger partial charge in [-0.2, -0.15) is 0 Å². The third kappa shape index (κ3) is 7.85. The number of para-hydroxylation sites is 1. The second kappa shape index (κ2) is 15.4. The summed E-state index contributed by atoms with van der Waals surface area (Å²) in [4.78, 5) is 46.6. The van der Waals surface area contributed by atoms with Gasteiger partial charge in [0.1, 0.15) is 18.0 Å². The predicted molar refractivity (Wildman–Crippen MR) is 176 cm³/mol. The van der Waals surface area contributed by atoms with E-state index in [9.17, 15) is 24.7 Å². The zero-order valence-electron chi connectivity index (χ0n) is 25.9. The first-order valence-electron chi connectivity index (χ1n) is 15.7. The van der Waals surface area contributed by atoms with Gasteiger partial charge in [-0.1, -0.05) is 66.7 Å². The minimum atomic E-state index is -1.28. The van der Waals surface area contributed by atoms with Crippen molar-refractivity contribution in [3.8, 4) is 5.75 Å². The summed E-state index contributed by atoms with van der Waals surface area (Å²) in [5.41, 5.74) is 3.47. The van der Waals surface area contributed by atoms with Crippen molar-refractivity contribution in [2.75, 3.05) is 37.6 Å². The van der Waals surface area contributed by atoms with Crippen molar-refractivity contribution in [2.24, 2.45) is 0 Å². The van der Waals surface area contributed by atoms with Crippen molar-refractivity contribution in [1.82, 2.24) is 25.5 Å². The number of urea groups is 1. The molecule has 0 unspecified atom stereocenters. The lowest BCUT2D eigenvalue weighted by Crippen LogP contribution is -2.69. The molecule has 2 aliphatic rings. The number of anilines is 1. The molecular formula is C35H41N6O5-. The van der Waals surface area contributed by atoms with Gasteiger partial charge < -0.3 is 40.7 Å². The highest BCUT2D eigenvalue weighted by Crippen LogP contribution is 2.29. The highest BCUT2D eigenvalue weighted by molar-refractivity contribution is 5.91. The van der Waals surface area contributed by atoms with Gasteiger partial charge in [0.15, 0.2) is 0 Å². The molecule has 3 N–H and O–H groups in total. The number of phenolic OH excluding ortho intramolecular Hbond substituents is 1. The summed E-state index contributed by atoms with van der Waals surface area (Å²) < 4.78 is 0. The van der Waals surface area contributed by atoms with Crippen LogP contribution in [0.5, 0.6) is 5.75 Å². The van der Waals surface area contributed by atoms with E-state index in [1.165, 1.54) is 17.0 Å². The third-order valence-electron chi connectivity index (χ3n) is 8.41. The lowest BCUT2D eigenvalue weighted by atomic mass is 9.98. The number of hydrogen-bond donors (Lipinski definition) is 3. The number of nitrogens with zero attached hydrogens (tertiary/aromatic N) is 4. The van der Waals surface area contributed by atoms with Crippen molar-refractivity contribution in [3.63, 3.8) is 0 Å². The summed E-state index contributed by atoms with van der Waals surface area (Å²) in [6, 6.07) is 21.5. The van der Waals surface area contributed by atoms with E-state index in [4.69, 9.17) is 0 Å². The van der Waals surface area contributed by atoms with Crippen LogP contribution in [0.4, 0.5) is 10.5 Å². The number of piperazine rings is 1. The van der Waals surface area contributed by atoms with E-state index in [2.05, 4.69) is 22.1 Å². The van der Waals surface area contributed by atoms with Crippen LogP contribution in [0.25, 0.3) is 0 Å². The second-order valence-electron chi connectivity index (χ2n) is 11.6. The molecule has 2 aliphatic heterocycles. The van der Waals surface area contributed by atoms with Gasteiger partial charge in [0.05, 0.1) is 13.1 Å². The van der Waals surface area contributed by atoms with Gasteiger partial charge in [-0.05, 0) is 47.7 Å². The summed E-state index contributed by atoms with van der Waals surface area (Å²) in [7, 11) is 0. The Morgan fingerprint density at radius 1 is 0.978 bits per heavy atom. The summed E-state index contributed by atoms with van der Waals surface area (Å²) in [6.45, 7) is 5.90. The molecule has 2 fully saturated rings. The number of phenols is 1. The molecule has 11 heteroatoms. The molecule has 2 atom stereocenters. The summed E-state index contributed by atoms with van der Waals surface area (Å²) in [6.07, 6.45) is 2.60. The monoisotopic (exact) mass is 625 g/mol. The van der Waals surface area contributed by atoms with Gasteiger partial charge in [-0.15, -0.1) is 6.58 Å². The van der Waals surface area contributed by atoms with E-state index < -0.39 is 24.1 Å². The van der Waals surface area contributed by atoms with Gasteiger partial charge in [0.2, 0.25) is 11.8 Å². The molecule has 2 heterocycles. The maximum atomic E-state index is 14.3. The average molecular weight is 626 g/mol. The van der Waals surface area contributed by atoms with Crippen molar-refractivity contribution in [1.29, 1.82) is 0 Å². The Bertz CT molecular complexity index is 1490. The lowest BCUT2D eigenvalue weighted by molar-refractivity contribution is -0.160. The Hall–Kier alpha value is -4.87. The maximum Gasteiger partial charge on any atom is 0.308 e. The first-order chi connectivity index (χ1) is 22.4.